The second kappa shape index (κ2) is 9.66. The summed E-state index contributed by atoms with van der Waals surface area (Å²) < 4.78 is 32.9. The molecule has 0 saturated heterocycles. The summed E-state index contributed by atoms with van der Waals surface area (Å²) in [7, 11) is 0. The van der Waals surface area contributed by atoms with E-state index >= 15 is 0 Å². The Morgan fingerprint density at radius 1 is 0.941 bits per heavy atom. The molecule has 1 aliphatic heterocycles. The van der Waals surface area contributed by atoms with Crippen LogP contribution in [0.4, 0.5) is 14.5 Å². The molecule has 0 unspecified atom stereocenters. The van der Waals surface area contributed by atoms with Crippen molar-refractivity contribution in [3.05, 3.63) is 100 Å². The van der Waals surface area contributed by atoms with Gasteiger partial charge in [-0.1, -0.05) is 23.7 Å². The number of hydrogen-bond donors (Lipinski definition) is 0. The Hall–Kier alpha value is -3.69. The van der Waals surface area contributed by atoms with Crippen molar-refractivity contribution in [2.45, 2.75) is 0 Å². The first-order chi connectivity index (χ1) is 16.3. The van der Waals surface area contributed by atoms with E-state index in [9.17, 15) is 23.2 Å². The van der Waals surface area contributed by atoms with E-state index in [0.717, 1.165) is 21.9 Å². The van der Waals surface area contributed by atoms with Gasteiger partial charge in [-0.15, -0.1) is 0 Å². The zero-order chi connectivity index (χ0) is 24.4. The summed E-state index contributed by atoms with van der Waals surface area (Å²) in [5.74, 6) is -3.63. The van der Waals surface area contributed by atoms with Crippen molar-refractivity contribution in [1.82, 2.24) is 4.90 Å². The van der Waals surface area contributed by atoms with Crippen molar-refractivity contribution in [3.63, 3.8) is 0 Å². The molecular formula is C24H15ClF2N2O4S. The van der Waals surface area contributed by atoms with E-state index in [1.807, 2.05) is 0 Å². The summed E-state index contributed by atoms with van der Waals surface area (Å²) in [6, 6.07) is 14.8. The summed E-state index contributed by atoms with van der Waals surface area (Å²) in [5, 5.41) is 0.0546. The number of amides is 3. The van der Waals surface area contributed by atoms with Crippen molar-refractivity contribution >= 4 is 52.4 Å². The first kappa shape index (κ1) is 23.5. The van der Waals surface area contributed by atoms with Crippen LogP contribution in [0.15, 0.2) is 66.7 Å². The topological polar surface area (TPSA) is 66.9 Å². The fourth-order valence-electron chi connectivity index (χ4n) is 3.43. The number of halogens is 3. The molecule has 3 aromatic carbocycles. The number of rotatable bonds is 5. The summed E-state index contributed by atoms with van der Waals surface area (Å²) in [6.45, 7) is -0.330. The minimum absolute atomic E-state index is 0.121. The van der Waals surface area contributed by atoms with Gasteiger partial charge in [0.2, 0.25) is 0 Å². The Morgan fingerprint density at radius 3 is 2.06 bits per heavy atom. The molecule has 172 valence electrons. The Kier molecular flexibility index (Phi) is 6.67. The predicted molar refractivity (Wildman–Crippen MR) is 125 cm³/mol. The summed E-state index contributed by atoms with van der Waals surface area (Å²) >= 11 is 11.2. The van der Waals surface area contributed by atoms with Gasteiger partial charge in [-0.3, -0.25) is 19.3 Å². The number of carbonyl (C=O) groups excluding carboxylic acids is 3. The maximum atomic E-state index is 13.7. The van der Waals surface area contributed by atoms with E-state index in [0.29, 0.717) is 22.2 Å². The molecule has 0 N–H and O–H groups in total. The van der Waals surface area contributed by atoms with Crippen LogP contribution >= 0.6 is 23.8 Å². The number of hydrogen-bond acceptors (Lipinski definition) is 5. The van der Waals surface area contributed by atoms with Crippen molar-refractivity contribution in [2.75, 3.05) is 18.1 Å². The molecule has 0 fully saturated rings. The Bertz CT molecular complexity index is 1260. The van der Waals surface area contributed by atoms with Gasteiger partial charge in [-0.25, -0.2) is 13.7 Å². The summed E-state index contributed by atoms with van der Waals surface area (Å²) in [6.07, 6.45) is 0. The highest BCUT2D eigenvalue weighted by molar-refractivity contribution is 7.80. The van der Waals surface area contributed by atoms with Crippen LogP contribution in [0.5, 0.6) is 0 Å². The van der Waals surface area contributed by atoms with Crippen molar-refractivity contribution in [3.8, 4) is 0 Å². The third kappa shape index (κ3) is 4.66. The van der Waals surface area contributed by atoms with Gasteiger partial charge >= 0.3 is 0 Å². The van der Waals surface area contributed by atoms with E-state index in [-0.39, 0.29) is 29.6 Å². The molecule has 1 heterocycles. The largest absolute Gasteiger partial charge is 0.468 e. The minimum Gasteiger partial charge on any atom is -0.468 e. The summed E-state index contributed by atoms with van der Waals surface area (Å²) in [5.41, 5.74) is 0.533. The standard InChI is InChI=1S/C24H15ClF2N2O4S/c25-15-5-7-18(8-6-15)29(21(30)14-11-16(26)13-17(27)12-14)24(34)33-10-9-28-22(31)19-3-1-2-4-20(19)23(28)32/h1-8,11-13H,9-10H2. The zero-order valence-corrected chi connectivity index (χ0v) is 18.9. The van der Waals surface area contributed by atoms with Gasteiger partial charge in [-0.05, 0) is 60.7 Å². The molecule has 0 aromatic heterocycles. The Morgan fingerprint density at radius 2 is 1.50 bits per heavy atom. The van der Waals surface area contributed by atoms with E-state index in [4.69, 9.17) is 28.6 Å². The van der Waals surface area contributed by atoms with Crippen LogP contribution < -0.4 is 4.90 Å². The van der Waals surface area contributed by atoms with Crippen LogP contribution in [-0.4, -0.2) is 40.9 Å². The number of benzene rings is 3. The maximum absolute atomic E-state index is 13.7. The molecule has 0 spiro atoms. The van der Waals surface area contributed by atoms with Crippen LogP contribution in [0, 0.1) is 11.6 Å². The second-order valence-corrected chi connectivity index (χ2v) is 7.98. The SMILES string of the molecule is O=C1c2ccccc2C(=O)N1CCOC(=S)N(C(=O)c1cc(F)cc(F)c1)c1ccc(Cl)cc1. The number of imide groups is 1. The van der Waals surface area contributed by atoms with Crippen molar-refractivity contribution < 1.29 is 27.9 Å². The highest BCUT2D eigenvalue weighted by Gasteiger charge is 2.35. The summed E-state index contributed by atoms with van der Waals surface area (Å²) in [4.78, 5) is 40.1. The lowest BCUT2D eigenvalue weighted by Gasteiger charge is -2.24. The molecule has 0 saturated carbocycles. The minimum atomic E-state index is -0.933. The van der Waals surface area contributed by atoms with Crippen LogP contribution in [-0.2, 0) is 4.74 Å². The zero-order valence-electron chi connectivity index (χ0n) is 17.3. The van der Waals surface area contributed by atoms with E-state index < -0.39 is 29.4 Å². The van der Waals surface area contributed by atoms with Gasteiger partial charge in [-0.2, -0.15) is 0 Å². The molecule has 4 rings (SSSR count). The Labute approximate surface area is 203 Å². The molecule has 1 aliphatic rings. The average Bonchev–Trinajstić information content (AvgIpc) is 3.05. The number of ether oxygens (including phenoxy) is 1. The molecule has 34 heavy (non-hydrogen) atoms. The van der Waals surface area contributed by atoms with Crippen LogP contribution in [0.3, 0.4) is 0 Å². The van der Waals surface area contributed by atoms with Gasteiger partial charge in [0.15, 0.2) is 0 Å². The third-order valence-corrected chi connectivity index (χ3v) is 5.55. The first-order valence-electron chi connectivity index (χ1n) is 9.94. The fraction of sp³-hybridized carbons (Fsp3) is 0.0833. The quantitative estimate of drug-likeness (QED) is 0.369. The van der Waals surface area contributed by atoms with Crippen molar-refractivity contribution in [2.24, 2.45) is 0 Å². The lowest BCUT2D eigenvalue weighted by atomic mass is 10.1. The monoisotopic (exact) mass is 500 g/mol. The first-order valence-corrected chi connectivity index (χ1v) is 10.7. The normalized spacial score (nSPS) is 12.5. The second-order valence-electron chi connectivity index (χ2n) is 7.20. The fourth-order valence-corrected chi connectivity index (χ4v) is 3.83. The van der Waals surface area contributed by atoms with E-state index in [1.54, 1.807) is 24.3 Å². The molecule has 0 radical (unpaired) electrons. The predicted octanol–water partition coefficient (Wildman–Crippen LogP) is 4.86. The van der Waals surface area contributed by atoms with Crippen LogP contribution in [0.2, 0.25) is 5.02 Å². The van der Waals surface area contributed by atoms with Crippen molar-refractivity contribution in [1.29, 1.82) is 0 Å². The number of thiocarbonyl (C=S) groups is 1. The highest BCUT2D eigenvalue weighted by atomic mass is 35.5. The number of nitrogens with zero attached hydrogens (tertiary/aromatic N) is 2. The highest BCUT2D eigenvalue weighted by Crippen LogP contribution is 2.24. The number of anilines is 1. The number of fused-ring (bicyclic) bond motifs is 1. The Balaban J connectivity index is 1.52. The van der Waals surface area contributed by atoms with Gasteiger partial charge in [0, 0.05) is 16.7 Å². The van der Waals surface area contributed by atoms with Crippen LogP contribution in [0.25, 0.3) is 0 Å². The van der Waals surface area contributed by atoms with Gasteiger partial charge in [0.05, 0.1) is 23.4 Å². The smallest absolute Gasteiger partial charge is 0.271 e. The maximum Gasteiger partial charge on any atom is 0.271 e. The van der Waals surface area contributed by atoms with E-state index in [2.05, 4.69) is 0 Å². The molecule has 0 atom stereocenters. The van der Waals surface area contributed by atoms with Gasteiger partial charge < -0.3 is 4.74 Å². The third-order valence-electron chi connectivity index (χ3n) is 5.00. The molecule has 3 amide bonds. The molecule has 0 bridgehead atoms. The molecule has 10 heteroatoms. The number of carbonyl (C=O) groups is 3. The lowest BCUT2D eigenvalue weighted by Crippen LogP contribution is -2.39. The van der Waals surface area contributed by atoms with Gasteiger partial charge in [0.25, 0.3) is 22.9 Å². The van der Waals surface area contributed by atoms with Crippen LogP contribution in [0.1, 0.15) is 31.1 Å². The van der Waals surface area contributed by atoms with E-state index in [1.165, 1.54) is 24.3 Å². The average molecular weight is 501 g/mol. The molecule has 3 aromatic rings. The molecular weight excluding hydrogens is 486 g/mol. The molecule has 0 aliphatic carbocycles. The van der Waals surface area contributed by atoms with Gasteiger partial charge in [0.1, 0.15) is 18.2 Å². The lowest BCUT2D eigenvalue weighted by molar-refractivity contribution is 0.0627. The molecule has 6 nitrogen and oxygen atoms in total.